The standard InChI is InChI=1S/C25H32O12/c1-12-19-18(36-22(12)29)10-16(11-26)8-7-9-17(23(30)33-6)20(35-15(4)28)21(19)37-24(31)25(5,32)13(2)34-14(3)27/h9-10,13,18-21,26,32H,1,7-8,11H2,2-6H3/b16-10-,17-9+/t13-,18-,19+,20-,21-,25+/m0/s1. The van der Waals surface area contributed by atoms with Gasteiger partial charge in [0.1, 0.15) is 12.2 Å². The molecule has 37 heavy (non-hydrogen) atoms. The van der Waals surface area contributed by atoms with E-state index in [-0.39, 0.29) is 30.6 Å². The molecule has 2 rings (SSSR count). The fourth-order valence-corrected chi connectivity index (χ4v) is 4.01. The van der Waals surface area contributed by atoms with Gasteiger partial charge in [0.15, 0.2) is 17.8 Å². The molecule has 1 aliphatic carbocycles. The van der Waals surface area contributed by atoms with E-state index in [4.69, 9.17) is 23.7 Å². The molecule has 12 heteroatoms. The Bertz CT molecular complexity index is 1020. The molecule has 204 valence electrons. The van der Waals surface area contributed by atoms with Crippen molar-refractivity contribution in [2.24, 2.45) is 5.92 Å². The van der Waals surface area contributed by atoms with Crippen molar-refractivity contribution in [3.63, 3.8) is 0 Å². The summed E-state index contributed by atoms with van der Waals surface area (Å²) in [6.07, 6.45) is -2.38. The Morgan fingerprint density at radius 3 is 2.41 bits per heavy atom. The minimum absolute atomic E-state index is 0.161. The van der Waals surface area contributed by atoms with Gasteiger partial charge in [0, 0.05) is 19.4 Å². The largest absolute Gasteiger partial charge is 0.466 e. The second kappa shape index (κ2) is 12.2. The van der Waals surface area contributed by atoms with Crippen LogP contribution in [0.1, 0.15) is 40.5 Å². The van der Waals surface area contributed by atoms with Crippen molar-refractivity contribution in [1.29, 1.82) is 0 Å². The van der Waals surface area contributed by atoms with Gasteiger partial charge in [-0.25, -0.2) is 14.4 Å². The summed E-state index contributed by atoms with van der Waals surface area (Å²) in [4.78, 5) is 62.0. The average Bonchev–Trinajstić information content (AvgIpc) is 3.09. The SMILES string of the molecule is C=C1C(=O)O[C@H]2/C=C(\CO)CC/C=C(/C(=O)OC)[C@H](OC(C)=O)[C@@H](OC(=O)[C@](C)(O)[C@H](C)OC(C)=O)[C@H]12. The zero-order valence-electron chi connectivity index (χ0n) is 21.3. The van der Waals surface area contributed by atoms with Crippen molar-refractivity contribution < 1.29 is 57.9 Å². The molecular formula is C25H32O12. The third-order valence-corrected chi connectivity index (χ3v) is 6.16. The fraction of sp³-hybridized carbons (Fsp3) is 0.560. The molecule has 0 unspecified atom stereocenters. The fourth-order valence-electron chi connectivity index (χ4n) is 4.01. The van der Waals surface area contributed by atoms with Crippen molar-refractivity contribution in [2.75, 3.05) is 13.7 Å². The highest BCUT2D eigenvalue weighted by molar-refractivity contribution is 5.93. The van der Waals surface area contributed by atoms with Crippen molar-refractivity contribution >= 4 is 29.8 Å². The van der Waals surface area contributed by atoms with Crippen LogP contribution in [0.15, 0.2) is 35.5 Å². The number of carbonyl (C=O) groups is 5. The van der Waals surface area contributed by atoms with Crippen molar-refractivity contribution in [1.82, 2.24) is 0 Å². The van der Waals surface area contributed by atoms with Gasteiger partial charge in [0.05, 0.1) is 25.2 Å². The molecule has 2 N–H and O–H groups in total. The van der Waals surface area contributed by atoms with Gasteiger partial charge in [-0.2, -0.15) is 0 Å². The maximum atomic E-state index is 13.2. The van der Waals surface area contributed by atoms with E-state index >= 15 is 0 Å². The molecular weight excluding hydrogens is 492 g/mol. The Kier molecular flexibility index (Phi) is 9.76. The predicted octanol–water partition coefficient (Wildman–Crippen LogP) is 0.442. The monoisotopic (exact) mass is 524 g/mol. The van der Waals surface area contributed by atoms with E-state index in [0.717, 1.165) is 27.9 Å². The smallest absolute Gasteiger partial charge is 0.342 e. The summed E-state index contributed by atoms with van der Waals surface area (Å²) in [5.74, 6) is -5.87. The number of ether oxygens (including phenoxy) is 5. The number of aliphatic hydroxyl groups excluding tert-OH is 1. The zero-order chi connectivity index (χ0) is 28.1. The molecule has 0 aromatic rings. The first-order chi connectivity index (χ1) is 17.2. The maximum absolute atomic E-state index is 13.2. The van der Waals surface area contributed by atoms with E-state index in [9.17, 15) is 34.2 Å². The molecule has 12 nitrogen and oxygen atoms in total. The molecule has 1 heterocycles. The quantitative estimate of drug-likeness (QED) is 0.204. The van der Waals surface area contributed by atoms with Crippen molar-refractivity contribution in [3.05, 3.63) is 35.5 Å². The van der Waals surface area contributed by atoms with Crippen LogP contribution >= 0.6 is 0 Å². The lowest BCUT2D eigenvalue weighted by Crippen LogP contribution is -2.53. The van der Waals surface area contributed by atoms with Crippen LogP contribution in [0.5, 0.6) is 0 Å². The molecule has 1 aliphatic heterocycles. The van der Waals surface area contributed by atoms with Gasteiger partial charge >= 0.3 is 29.8 Å². The van der Waals surface area contributed by atoms with Crippen LogP contribution in [-0.4, -0.2) is 83.8 Å². The Labute approximate surface area is 213 Å². The van der Waals surface area contributed by atoms with E-state index in [2.05, 4.69) is 6.58 Å². The number of esters is 5. The summed E-state index contributed by atoms with van der Waals surface area (Å²) in [7, 11) is 1.10. The average molecular weight is 525 g/mol. The van der Waals surface area contributed by atoms with E-state index < -0.39 is 65.8 Å². The molecule has 0 amide bonds. The lowest BCUT2D eigenvalue weighted by atomic mass is 9.83. The molecule has 0 radical (unpaired) electrons. The van der Waals surface area contributed by atoms with Gasteiger partial charge in [-0.1, -0.05) is 12.7 Å². The molecule has 0 bridgehead atoms. The molecule has 0 aromatic carbocycles. The molecule has 0 saturated carbocycles. The van der Waals surface area contributed by atoms with Crippen LogP contribution in [0.25, 0.3) is 0 Å². The lowest BCUT2D eigenvalue weighted by molar-refractivity contribution is -0.196. The molecule has 6 atom stereocenters. The number of allylic oxidation sites excluding steroid dienone is 1. The minimum atomic E-state index is -2.39. The Balaban J connectivity index is 2.71. The summed E-state index contributed by atoms with van der Waals surface area (Å²) < 4.78 is 26.2. The maximum Gasteiger partial charge on any atom is 0.342 e. The second-order valence-corrected chi connectivity index (χ2v) is 8.89. The zero-order valence-corrected chi connectivity index (χ0v) is 21.3. The number of methoxy groups -OCH3 is 1. The summed E-state index contributed by atoms with van der Waals surface area (Å²) >= 11 is 0. The van der Waals surface area contributed by atoms with E-state index in [1.165, 1.54) is 19.1 Å². The number of hydrogen-bond acceptors (Lipinski definition) is 12. The lowest BCUT2D eigenvalue weighted by Gasteiger charge is -2.36. The van der Waals surface area contributed by atoms with Crippen LogP contribution in [0.2, 0.25) is 0 Å². The van der Waals surface area contributed by atoms with E-state index in [1.54, 1.807) is 0 Å². The topological polar surface area (TPSA) is 172 Å². The number of rotatable bonds is 7. The third-order valence-electron chi connectivity index (χ3n) is 6.16. The van der Waals surface area contributed by atoms with Crippen LogP contribution in [0.3, 0.4) is 0 Å². The first-order valence-corrected chi connectivity index (χ1v) is 11.5. The van der Waals surface area contributed by atoms with Crippen molar-refractivity contribution in [3.8, 4) is 0 Å². The van der Waals surface area contributed by atoms with Gasteiger partial charge < -0.3 is 33.9 Å². The number of fused-ring (bicyclic) bond motifs is 1. The van der Waals surface area contributed by atoms with Gasteiger partial charge in [-0.3, -0.25) is 9.59 Å². The van der Waals surface area contributed by atoms with Gasteiger partial charge in [0.25, 0.3) is 0 Å². The molecule has 2 aliphatic rings. The number of hydrogen-bond donors (Lipinski definition) is 2. The van der Waals surface area contributed by atoms with Gasteiger partial charge in [0.2, 0.25) is 0 Å². The number of carbonyl (C=O) groups excluding carboxylic acids is 5. The normalized spacial score (nSPS) is 29.1. The molecule has 1 fully saturated rings. The summed E-state index contributed by atoms with van der Waals surface area (Å²) in [5, 5.41) is 20.6. The van der Waals surface area contributed by atoms with Gasteiger partial charge in [-0.15, -0.1) is 0 Å². The summed E-state index contributed by atoms with van der Waals surface area (Å²) in [6.45, 7) is 7.81. The molecule has 0 aromatic heterocycles. The second-order valence-electron chi connectivity index (χ2n) is 8.89. The minimum Gasteiger partial charge on any atom is -0.466 e. The number of aliphatic hydroxyl groups is 2. The van der Waals surface area contributed by atoms with Crippen LogP contribution in [-0.2, 0) is 47.7 Å². The molecule has 0 spiro atoms. The highest BCUT2D eigenvalue weighted by atomic mass is 16.6. The van der Waals surface area contributed by atoms with Crippen LogP contribution in [0, 0.1) is 5.92 Å². The predicted molar refractivity (Wildman–Crippen MR) is 124 cm³/mol. The highest BCUT2D eigenvalue weighted by Gasteiger charge is 2.52. The van der Waals surface area contributed by atoms with E-state index in [1.807, 2.05) is 0 Å². The highest BCUT2D eigenvalue weighted by Crippen LogP contribution is 2.38. The summed E-state index contributed by atoms with van der Waals surface area (Å²) in [5.41, 5.74) is -2.28. The van der Waals surface area contributed by atoms with Crippen LogP contribution < -0.4 is 0 Å². The van der Waals surface area contributed by atoms with Crippen LogP contribution in [0.4, 0.5) is 0 Å². The molecule has 1 saturated heterocycles. The Hall–Kier alpha value is -3.51. The van der Waals surface area contributed by atoms with E-state index in [0.29, 0.717) is 5.57 Å². The summed E-state index contributed by atoms with van der Waals surface area (Å²) in [6, 6.07) is 0. The first-order valence-electron chi connectivity index (χ1n) is 11.5. The third kappa shape index (κ3) is 6.83. The van der Waals surface area contributed by atoms with Crippen molar-refractivity contribution in [2.45, 2.75) is 70.6 Å². The Morgan fingerprint density at radius 1 is 1.22 bits per heavy atom. The van der Waals surface area contributed by atoms with Gasteiger partial charge in [-0.05, 0) is 38.3 Å². The first kappa shape index (κ1) is 29.7. The Morgan fingerprint density at radius 2 is 1.86 bits per heavy atom.